The second-order valence-electron chi connectivity index (χ2n) is 3.57. The summed E-state index contributed by atoms with van der Waals surface area (Å²) in [7, 11) is 0. The van der Waals surface area contributed by atoms with Crippen LogP contribution in [0.15, 0.2) is 29.1 Å². The third-order valence-corrected chi connectivity index (χ3v) is 2.80. The van der Waals surface area contributed by atoms with Crippen LogP contribution in [0.25, 0.3) is 0 Å². The van der Waals surface area contributed by atoms with E-state index in [1.807, 2.05) is 6.92 Å². The molecule has 2 aromatic rings. The van der Waals surface area contributed by atoms with E-state index in [0.717, 1.165) is 11.3 Å². The minimum atomic E-state index is -0.131. The van der Waals surface area contributed by atoms with Crippen LogP contribution in [-0.4, -0.2) is 21.1 Å². The molecule has 2 N–H and O–H groups in total. The van der Waals surface area contributed by atoms with Crippen LogP contribution in [0, 0.1) is 6.92 Å². The molecule has 5 nitrogen and oxygen atoms in total. The van der Waals surface area contributed by atoms with E-state index in [4.69, 9.17) is 0 Å². The van der Waals surface area contributed by atoms with E-state index in [-0.39, 0.29) is 5.91 Å². The van der Waals surface area contributed by atoms with E-state index in [1.165, 1.54) is 0 Å². The van der Waals surface area contributed by atoms with Crippen LogP contribution in [-0.2, 0) is 6.54 Å². The van der Waals surface area contributed by atoms with Crippen molar-refractivity contribution >= 4 is 21.8 Å². The predicted molar refractivity (Wildman–Crippen MR) is 66.4 cm³/mol. The molecule has 0 spiro atoms. The number of hydrogen-bond acceptors (Lipinski definition) is 3. The van der Waals surface area contributed by atoms with Crippen molar-refractivity contribution < 1.29 is 4.79 Å². The van der Waals surface area contributed by atoms with E-state index in [0.29, 0.717) is 16.7 Å². The number of pyridine rings is 1. The quantitative estimate of drug-likeness (QED) is 0.848. The highest BCUT2D eigenvalue weighted by Crippen LogP contribution is 2.08. The molecular formula is C11H11BrN4O. The van der Waals surface area contributed by atoms with Crippen molar-refractivity contribution in [3.63, 3.8) is 0 Å². The van der Waals surface area contributed by atoms with E-state index in [2.05, 4.69) is 36.4 Å². The zero-order chi connectivity index (χ0) is 12.3. The number of aryl methyl sites for hydroxylation is 1. The zero-order valence-corrected chi connectivity index (χ0v) is 10.8. The van der Waals surface area contributed by atoms with Crippen LogP contribution >= 0.6 is 15.9 Å². The summed E-state index contributed by atoms with van der Waals surface area (Å²) in [5.41, 5.74) is 2.51. The van der Waals surface area contributed by atoms with Gasteiger partial charge in [-0.15, -0.1) is 0 Å². The lowest BCUT2D eigenvalue weighted by Crippen LogP contribution is -2.22. The van der Waals surface area contributed by atoms with Crippen molar-refractivity contribution in [3.05, 3.63) is 46.0 Å². The van der Waals surface area contributed by atoms with Crippen LogP contribution in [0.2, 0.25) is 0 Å². The number of aromatic amines is 1. The van der Waals surface area contributed by atoms with Gasteiger partial charge in [0.25, 0.3) is 5.91 Å². The summed E-state index contributed by atoms with van der Waals surface area (Å²) in [5, 5.41) is 9.54. The number of hydrogen-bond donors (Lipinski definition) is 2. The van der Waals surface area contributed by atoms with Crippen LogP contribution in [0.4, 0.5) is 0 Å². The molecule has 2 heterocycles. The molecule has 0 aromatic carbocycles. The zero-order valence-electron chi connectivity index (χ0n) is 9.20. The molecular weight excluding hydrogens is 284 g/mol. The Bertz CT molecular complexity index is 538. The second kappa shape index (κ2) is 5.09. The van der Waals surface area contributed by atoms with Gasteiger partial charge in [0.2, 0.25) is 0 Å². The Balaban J connectivity index is 2.01. The topological polar surface area (TPSA) is 70.7 Å². The Hall–Kier alpha value is -1.69. The Morgan fingerprint density at radius 3 is 3.06 bits per heavy atom. The third-order valence-electron chi connectivity index (χ3n) is 2.36. The summed E-state index contributed by atoms with van der Waals surface area (Å²) in [6, 6.07) is 3.35. The van der Waals surface area contributed by atoms with Gasteiger partial charge in [-0.2, -0.15) is 5.10 Å². The molecule has 0 aliphatic heterocycles. The van der Waals surface area contributed by atoms with E-state index >= 15 is 0 Å². The molecule has 0 radical (unpaired) electrons. The molecule has 0 aliphatic rings. The molecule has 0 unspecified atom stereocenters. The van der Waals surface area contributed by atoms with Gasteiger partial charge in [-0.1, -0.05) is 0 Å². The number of amides is 1. The number of rotatable bonds is 3. The average molecular weight is 295 g/mol. The van der Waals surface area contributed by atoms with Gasteiger partial charge in [-0.05, 0) is 35.0 Å². The lowest BCUT2D eigenvalue weighted by Gasteiger charge is -2.04. The number of halogens is 1. The fourth-order valence-corrected chi connectivity index (χ4v) is 1.74. The summed E-state index contributed by atoms with van der Waals surface area (Å²) in [5.74, 6) is -0.131. The first-order chi connectivity index (χ1) is 8.16. The summed E-state index contributed by atoms with van der Waals surface area (Å²) in [4.78, 5) is 15.8. The van der Waals surface area contributed by atoms with Gasteiger partial charge in [-0.3, -0.25) is 9.89 Å². The molecule has 0 saturated heterocycles. The Morgan fingerprint density at radius 2 is 2.41 bits per heavy atom. The number of nitrogens with zero attached hydrogens (tertiary/aromatic N) is 2. The predicted octanol–water partition coefficient (Wildman–Crippen LogP) is 1.81. The standard InChI is InChI=1S/C11H11BrN4O/c1-7-9(6-15-16-7)5-14-11(17)8-2-3-13-10(12)4-8/h2-4,6H,5H2,1H3,(H,14,17)(H,15,16). The highest BCUT2D eigenvalue weighted by molar-refractivity contribution is 9.10. The van der Waals surface area contributed by atoms with Crippen LogP contribution in [0.3, 0.4) is 0 Å². The van der Waals surface area contributed by atoms with Crippen LogP contribution in [0.1, 0.15) is 21.6 Å². The second-order valence-corrected chi connectivity index (χ2v) is 4.38. The van der Waals surface area contributed by atoms with Crippen molar-refractivity contribution in [2.75, 3.05) is 0 Å². The van der Waals surface area contributed by atoms with E-state index in [9.17, 15) is 4.79 Å². The summed E-state index contributed by atoms with van der Waals surface area (Å²) >= 11 is 3.23. The largest absolute Gasteiger partial charge is 0.348 e. The number of carbonyl (C=O) groups is 1. The molecule has 2 aromatic heterocycles. The Kier molecular flexibility index (Phi) is 3.53. The molecule has 88 valence electrons. The van der Waals surface area contributed by atoms with Crippen LogP contribution in [0.5, 0.6) is 0 Å². The van der Waals surface area contributed by atoms with Gasteiger partial charge in [-0.25, -0.2) is 4.98 Å². The number of nitrogens with one attached hydrogen (secondary N) is 2. The number of aromatic nitrogens is 3. The summed E-state index contributed by atoms with van der Waals surface area (Å²) in [6.07, 6.45) is 3.29. The lowest BCUT2D eigenvalue weighted by atomic mass is 10.2. The fourth-order valence-electron chi connectivity index (χ4n) is 1.38. The van der Waals surface area contributed by atoms with Crippen LogP contribution < -0.4 is 5.32 Å². The minimum absolute atomic E-state index is 0.131. The Labute approximate surface area is 107 Å². The first-order valence-corrected chi connectivity index (χ1v) is 5.84. The molecule has 0 aliphatic carbocycles. The smallest absolute Gasteiger partial charge is 0.251 e. The Morgan fingerprint density at radius 1 is 1.59 bits per heavy atom. The monoisotopic (exact) mass is 294 g/mol. The molecule has 17 heavy (non-hydrogen) atoms. The van der Waals surface area contributed by atoms with Crippen molar-refractivity contribution in [2.24, 2.45) is 0 Å². The molecule has 0 saturated carbocycles. The maximum atomic E-state index is 11.8. The molecule has 6 heteroatoms. The van der Waals surface area contributed by atoms with Gasteiger partial charge in [0.05, 0.1) is 6.20 Å². The third kappa shape index (κ3) is 2.91. The van der Waals surface area contributed by atoms with Gasteiger partial charge in [0.15, 0.2) is 0 Å². The average Bonchev–Trinajstić information content (AvgIpc) is 2.72. The maximum Gasteiger partial charge on any atom is 0.251 e. The summed E-state index contributed by atoms with van der Waals surface area (Å²) in [6.45, 7) is 2.37. The van der Waals surface area contributed by atoms with Crippen molar-refractivity contribution in [1.82, 2.24) is 20.5 Å². The van der Waals surface area contributed by atoms with Crippen molar-refractivity contribution in [1.29, 1.82) is 0 Å². The highest BCUT2D eigenvalue weighted by atomic mass is 79.9. The molecule has 2 rings (SSSR count). The van der Waals surface area contributed by atoms with Gasteiger partial charge >= 0.3 is 0 Å². The van der Waals surface area contributed by atoms with Crippen molar-refractivity contribution in [2.45, 2.75) is 13.5 Å². The number of H-pyrrole nitrogens is 1. The van der Waals surface area contributed by atoms with E-state index in [1.54, 1.807) is 24.5 Å². The first kappa shape index (κ1) is 11.8. The summed E-state index contributed by atoms with van der Waals surface area (Å²) < 4.78 is 0.643. The molecule has 1 amide bonds. The maximum absolute atomic E-state index is 11.8. The normalized spacial score (nSPS) is 10.2. The fraction of sp³-hybridized carbons (Fsp3) is 0.182. The van der Waals surface area contributed by atoms with Crippen molar-refractivity contribution in [3.8, 4) is 0 Å². The molecule has 0 atom stereocenters. The van der Waals surface area contributed by atoms with E-state index < -0.39 is 0 Å². The van der Waals surface area contributed by atoms with Gasteiger partial charge in [0, 0.05) is 29.6 Å². The molecule has 0 bridgehead atoms. The first-order valence-electron chi connectivity index (χ1n) is 5.05. The SMILES string of the molecule is Cc1[nH]ncc1CNC(=O)c1ccnc(Br)c1. The molecule has 0 fully saturated rings. The van der Waals surface area contributed by atoms with Gasteiger partial charge in [0.1, 0.15) is 4.60 Å². The van der Waals surface area contributed by atoms with Gasteiger partial charge < -0.3 is 5.32 Å². The highest BCUT2D eigenvalue weighted by Gasteiger charge is 2.07. The number of carbonyl (C=O) groups excluding carboxylic acids is 1. The minimum Gasteiger partial charge on any atom is -0.348 e. The lowest BCUT2D eigenvalue weighted by molar-refractivity contribution is 0.0950.